The Morgan fingerprint density at radius 1 is 1.39 bits per heavy atom. The van der Waals surface area contributed by atoms with Crippen molar-refractivity contribution in [2.24, 2.45) is 0 Å². The van der Waals surface area contributed by atoms with Gasteiger partial charge in [0.25, 0.3) is 0 Å². The molecule has 0 radical (unpaired) electrons. The number of rotatable bonds is 7. The molecule has 1 aromatic rings. The van der Waals surface area contributed by atoms with Crippen molar-refractivity contribution in [1.29, 1.82) is 0 Å². The van der Waals surface area contributed by atoms with Gasteiger partial charge in [-0.3, -0.25) is 0 Å². The number of ether oxygens (including phenoxy) is 1. The van der Waals surface area contributed by atoms with E-state index in [1.54, 1.807) is 0 Å². The third-order valence-electron chi connectivity index (χ3n) is 2.27. The summed E-state index contributed by atoms with van der Waals surface area (Å²) in [6.07, 6.45) is 1.78. The first-order chi connectivity index (χ1) is 8.63. The summed E-state index contributed by atoms with van der Waals surface area (Å²) >= 11 is 0. The minimum atomic E-state index is -0.159. The van der Waals surface area contributed by atoms with Crippen LogP contribution in [0.3, 0.4) is 0 Å². The van der Waals surface area contributed by atoms with Crippen LogP contribution in [0.4, 0.5) is 0 Å². The maximum atomic E-state index is 5.51. The molecule has 0 saturated carbocycles. The molecule has 0 saturated heterocycles. The lowest BCUT2D eigenvalue weighted by Gasteiger charge is -2.16. The van der Waals surface area contributed by atoms with Crippen LogP contribution < -0.4 is 5.48 Å². The number of hydrogen-bond donors (Lipinski definition) is 1. The van der Waals surface area contributed by atoms with Gasteiger partial charge in [0.1, 0.15) is 12.0 Å². The van der Waals surface area contributed by atoms with Gasteiger partial charge in [-0.15, -0.1) is 5.48 Å². The lowest BCUT2D eigenvalue weighted by Crippen LogP contribution is -2.28. The number of allylic oxidation sites excluding steroid dienone is 1. The lowest BCUT2D eigenvalue weighted by molar-refractivity contribution is -0.0501. The molecule has 1 unspecified atom stereocenters. The largest absolute Gasteiger partial charge is 0.406 e. The van der Waals surface area contributed by atoms with Crippen LogP contribution in [-0.4, -0.2) is 12.8 Å². The van der Waals surface area contributed by atoms with E-state index in [9.17, 15) is 0 Å². The fourth-order valence-corrected chi connectivity index (χ4v) is 1.37. The van der Waals surface area contributed by atoms with E-state index in [4.69, 9.17) is 9.57 Å². The van der Waals surface area contributed by atoms with Gasteiger partial charge in [-0.05, 0) is 38.0 Å². The average molecular weight is 247 g/mol. The Balaban J connectivity index is 2.66. The van der Waals surface area contributed by atoms with E-state index in [1.165, 1.54) is 0 Å². The number of nitrogens with one attached hydrogen (secondary N) is 1. The zero-order valence-corrected chi connectivity index (χ0v) is 11.3. The van der Waals surface area contributed by atoms with E-state index in [1.807, 2.05) is 57.2 Å². The van der Waals surface area contributed by atoms with Gasteiger partial charge in [0, 0.05) is 6.61 Å². The fraction of sp³-hybridized carbons (Fsp3) is 0.333. The lowest BCUT2D eigenvalue weighted by atomic mass is 10.1. The molecule has 0 amide bonds. The standard InChI is InChI=1S/C15H21NO2/c1-5-17-13(4)16-18-15(12(2)3)11-14-9-7-6-8-10-14/h6-11,13,16H,2,5H2,1,3-4H3/b15-11+. The summed E-state index contributed by atoms with van der Waals surface area (Å²) in [5.74, 6) is 0.702. The number of hydroxylamine groups is 1. The monoisotopic (exact) mass is 247 g/mol. The van der Waals surface area contributed by atoms with Crippen LogP contribution >= 0.6 is 0 Å². The van der Waals surface area contributed by atoms with Crippen LogP contribution in [0.15, 0.2) is 48.2 Å². The van der Waals surface area contributed by atoms with Gasteiger partial charge >= 0.3 is 0 Å². The Kier molecular flexibility index (Phi) is 6.19. The van der Waals surface area contributed by atoms with Gasteiger partial charge in [0.15, 0.2) is 0 Å². The zero-order chi connectivity index (χ0) is 13.4. The minimum absolute atomic E-state index is 0.159. The third kappa shape index (κ3) is 5.17. The predicted molar refractivity (Wildman–Crippen MR) is 74.5 cm³/mol. The molecule has 1 rings (SSSR count). The summed E-state index contributed by atoms with van der Waals surface area (Å²) in [5, 5.41) is 0. The fourth-order valence-electron chi connectivity index (χ4n) is 1.37. The number of hydrogen-bond acceptors (Lipinski definition) is 3. The second-order valence-electron chi connectivity index (χ2n) is 4.02. The molecular formula is C15H21NO2. The van der Waals surface area contributed by atoms with Crippen LogP contribution in [0, 0.1) is 0 Å². The molecule has 0 fully saturated rings. The Hall–Kier alpha value is -1.58. The third-order valence-corrected chi connectivity index (χ3v) is 2.27. The van der Waals surface area contributed by atoms with Crippen molar-refractivity contribution < 1.29 is 9.57 Å². The first kappa shape index (κ1) is 14.5. The molecule has 98 valence electrons. The second-order valence-corrected chi connectivity index (χ2v) is 4.02. The van der Waals surface area contributed by atoms with Crippen molar-refractivity contribution in [2.75, 3.05) is 6.61 Å². The van der Waals surface area contributed by atoms with Crippen molar-refractivity contribution in [2.45, 2.75) is 27.0 Å². The molecule has 0 bridgehead atoms. The molecule has 3 nitrogen and oxygen atoms in total. The van der Waals surface area contributed by atoms with E-state index >= 15 is 0 Å². The van der Waals surface area contributed by atoms with Crippen molar-refractivity contribution in [3.63, 3.8) is 0 Å². The summed E-state index contributed by atoms with van der Waals surface area (Å²) < 4.78 is 5.33. The van der Waals surface area contributed by atoms with Gasteiger partial charge in [0.2, 0.25) is 0 Å². The maximum absolute atomic E-state index is 5.51. The first-order valence-electron chi connectivity index (χ1n) is 6.10. The van der Waals surface area contributed by atoms with Gasteiger partial charge in [-0.2, -0.15) is 0 Å². The Bertz CT molecular complexity index is 398. The quantitative estimate of drug-likeness (QED) is 0.346. The van der Waals surface area contributed by atoms with Crippen LogP contribution in [0.5, 0.6) is 0 Å². The maximum Gasteiger partial charge on any atom is 0.150 e. The minimum Gasteiger partial charge on any atom is -0.406 e. The molecule has 1 atom stereocenters. The van der Waals surface area contributed by atoms with Crippen molar-refractivity contribution in [1.82, 2.24) is 5.48 Å². The summed E-state index contributed by atoms with van der Waals surface area (Å²) in [7, 11) is 0. The highest BCUT2D eigenvalue weighted by Crippen LogP contribution is 2.13. The Labute approximate surface area is 109 Å². The normalized spacial score (nSPS) is 13.2. The molecule has 0 spiro atoms. The molecule has 0 heterocycles. The second kappa shape index (κ2) is 7.69. The highest BCUT2D eigenvalue weighted by atomic mass is 16.7. The number of benzene rings is 1. The van der Waals surface area contributed by atoms with Crippen LogP contribution in [0.2, 0.25) is 0 Å². The van der Waals surface area contributed by atoms with Crippen LogP contribution in [0.1, 0.15) is 26.3 Å². The first-order valence-corrected chi connectivity index (χ1v) is 6.10. The summed E-state index contributed by atoms with van der Waals surface area (Å²) in [6, 6.07) is 9.97. The van der Waals surface area contributed by atoms with Crippen molar-refractivity contribution in [3.05, 3.63) is 53.8 Å². The van der Waals surface area contributed by atoms with E-state index < -0.39 is 0 Å². The highest BCUT2D eigenvalue weighted by Gasteiger charge is 2.04. The molecule has 0 aliphatic carbocycles. The van der Waals surface area contributed by atoms with E-state index in [2.05, 4.69) is 12.1 Å². The summed E-state index contributed by atoms with van der Waals surface area (Å²) in [5.41, 5.74) is 4.76. The predicted octanol–water partition coefficient (Wildman–Crippen LogP) is 3.51. The van der Waals surface area contributed by atoms with Crippen LogP contribution in [0.25, 0.3) is 6.08 Å². The summed E-state index contributed by atoms with van der Waals surface area (Å²) in [6.45, 7) is 10.3. The van der Waals surface area contributed by atoms with Gasteiger partial charge in [-0.25, -0.2) is 0 Å². The van der Waals surface area contributed by atoms with Crippen molar-refractivity contribution in [3.8, 4) is 0 Å². The van der Waals surface area contributed by atoms with Crippen LogP contribution in [-0.2, 0) is 9.57 Å². The topological polar surface area (TPSA) is 30.5 Å². The SMILES string of the molecule is C=C(C)/C(=C\c1ccccc1)ONC(C)OCC. The molecule has 0 aliphatic rings. The van der Waals surface area contributed by atoms with E-state index in [-0.39, 0.29) is 6.23 Å². The van der Waals surface area contributed by atoms with E-state index in [0.29, 0.717) is 12.4 Å². The van der Waals surface area contributed by atoms with Gasteiger partial charge < -0.3 is 9.57 Å². The molecule has 3 heteroatoms. The van der Waals surface area contributed by atoms with Crippen molar-refractivity contribution >= 4 is 6.08 Å². The molecule has 0 aromatic heterocycles. The summed E-state index contributed by atoms with van der Waals surface area (Å²) in [4.78, 5) is 5.51. The smallest absolute Gasteiger partial charge is 0.150 e. The average Bonchev–Trinajstić information content (AvgIpc) is 2.35. The van der Waals surface area contributed by atoms with Gasteiger partial charge in [0.05, 0.1) is 0 Å². The molecule has 1 aromatic carbocycles. The molecule has 18 heavy (non-hydrogen) atoms. The highest BCUT2D eigenvalue weighted by molar-refractivity contribution is 5.55. The Morgan fingerprint density at radius 2 is 2.06 bits per heavy atom. The van der Waals surface area contributed by atoms with Gasteiger partial charge in [-0.1, -0.05) is 36.9 Å². The molecular weight excluding hydrogens is 226 g/mol. The van der Waals surface area contributed by atoms with E-state index in [0.717, 1.165) is 11.1 Å². The Morgan fingerprint density at radius 3 is 2.61 bits per heavy atom. The molecule has 0 aliphatic heterocycles. The molecule has 1 N–H and O–H groups in total. The zero-order valence-electron chi connectivity index (χ0n) is 11.3.